The van der Waals surface area contributed by atoms with Gasteiger partial charge in [0.25, 0.3) is 0 Å². The second-order valence-electron chi connectivity index (χ2n) is 7.34. The van der Waals surface area contributed by atoms with Crippen molar-refractivity contribution in [2.45, 2.75) is 19.1 Å². The molecule has 4 nitrogen and oxygen atoms in total. The van der Waals surface area contributed by atoms with Gasteiger partial charge >= 0.3 is 0 Å². The van der Waals surface area contributed by atoms with Crippen LogP contribution in [0.5, 0.6) is 5.75 Å². The predicted octanol–water partition coefficient (Wildman–Crippen LogP) is 4.39. The minimum atomic E-state index is -0.213. The largest absolute Gasteiger partial charge is 0.497 e. The lowest BCUT2D eigenvalue weighted by molar-refractivity contribution is -0.0350. The van der Waals surface area contributed by atoms with Crippen molar-refractivity contribution in [2.24, 2.45) is 0 Å². The van der Waals surface area contributed by atoms with Crippen LogP contribution in [-0.2, 0) is 17.7 Å². The number of hydrogen-bond acceptors (Lipinski definition) is 4. The lowest BCUT2D eigenvalue weighted by Crippen LogP contribution is -2.38. The molecule has 0 aliphatic carbocycles. The summed E-state index contributed by atoms with van der Waals surface area (Å²) in [4.78, 5) is 7.03. The van der Waals surface area contributed by atoms with Crippen molar-refractivity contribution in [3.05, 3.63) is 95.1 Å². The minimum Gasteiger partial charge on any atom is -0.497 e. The first-order chi connectivity index (χ1) is 14.2. The van der Waals surface area contributed by atoms with Gasteiger partial charge in [0.05, 0.1) is 19.4 Å². The van der Waals surface area contributed by atoms with Crippen LogP contribution < -0.4 is 4.74 Å². The van der Waals surface area contributed by atoms with E-state index in [-0.39, 0.29) is 11.9 Å². The maximum Gasteiger partial charge on any atom is 0.123 e. The molecule has 0 spiro atoms. The van der Waals surface area contributed by atoms with E-state index in [4.69, 9.17) is 9.47 Å². The van der Waals surface area contributed by atoms with Crippen molar-refractivity contribution in [3.63, 3.8) is 0 Å². The highest BCUT2D eigenvalue weighted by Gasteiger charge is 2.23. The van der Waals surface area contributed by atoms with Gasteiger partial charge in [0.2, 0.25) is 0 Å². The number of hydrogen-bond donors (Lipinski definition) is 0. The van der Waals surface area contributed by atoms with Gasteiger partial charge in [-0.1, -0.05) is 30.3 Å². The van der Waals surface area contributed by atoms with Crippen molar-refractivity contribution >= 4 is 0 Å². The van der Waals surface area contributed by atoms with Crippen LogP contribution in [0.3, 0.4) is 0 Å². The van der Waals surface area contributed by atoms with E-state index in [9.17, 15) is 4.39 Å². The number of methoxy groups -OCH3 is 1. The molecule has 5 heteroatoms. The summed E-state index contributed by atoms with van der Waals surface area (Å²) in [6, 6.07) is 18.9. The third-order valence-corrected chi connectivity index (χ3v) is 5.19. The van der Waals surface area contributed by atoms with E-state index in [1.54, 1.807) is 7.11 Å². The first-order valence-corrected chi connectivity index (χ1v) is 9.86. The number of nitrogens with zero attached hydrogens (tertiary/aromatic N) is 2. The molecule has 3 aromatic rings. The molecule has 0 amide bonds. The van der Waals surface area contributed by atoms with E-state index >= 15 is 0 Å². The SMILES string of the molecule is COc1cccc(CN2CCO[C@H](c3ccc(Cc4ccc(F)cc4)cn3)C2)c1. The van der Waals surface area contributed by atoms with Gasteiger partial charge in [-0.05, 0) is 53.4 Å². The van der Waals surface area contributed by atoms with Crippen LogP contribution >= 0.6 is 0 Å². The van der Waals surface area contributed by atoms with Gasteiger partial charge in [-0.3, -0.25) is 9.88 Å². The topological polar surface area (TPSA) is 34.6 Å². The Morgan fingerprint density at radius 2 is 1.90 bits per heavy atom. The maximum atomic E-state index is 13.1. The molecule has 1 fully saturated rings. The van der Waals surface area contributed by atoms with E-state index in [0.29, 0.717) is 6.61 Å². The second-order valence-corrected chi connectivity index (χ2v) is 7.34. The summed E-state index contributed by atoms with van der Waals surface area (Å²) < 4.78 is 24.4. The highest BCUT2D eigenvalue weighted by Crippen LogP contribution is 2.23. The molecule has 0 radical (unpaired) electrons. The van der Waals surface area contributed by atoms with Gasteiger partial charge < -0.3 is 9.47 Å². The molecule has 1 aliphatic heterocycles. The first-order valence-electron chi connectivity index (χ1n) is 9.86. The predicted molar refractivity (Wildman–Crippen MR) is 110 cm³/mol. The molecule has 150 valence electrons. The molecule has 0 bridgehead atoms. The van der Waals surface area contributed by atoms with Crippen molar-refractivity contribution in [1.82, 2.24) is 9.88 Å². The molecule has 0 saturated carbocycles. The number of rotatable bonds is 6. The zero-order valence-electron chi connectivity index (χ0n) is 16.6. The van der Waals surface area contributed by atoms with E-state index < -0.39 is 0 Å². The highest BCUT2D eigenvalue weighted by atomic mass is 19.1. The molecule has 0 unspecified atom stereocenters. The molecular weight excluding hydrogens is 367 g/mol. The summed E-state index contributed by atoms with van der Waals surface area (Å²) in [6.45, 7) is 3.26. The third-order valence-electron chi connectivity index (χ3n) is 5.19. The van der Waals surface area contributed by atoms with Crippen LogP contribution in [0.15, 0.2) is 66.9 Å². The van der Waals surface area contributed by atoms with E-state index in [1.807, 2.05) is 36.5 Å². The lowest BCUT2D eigenvalue weighted by Gasteiger charge is -2.32. The fourth-order valence-electron chi connectivity index (χ4n) is 3.62. The van der Waals surface area contributed by atoms with Crippen LogP contribution in [0.25, 0.3) is 0 Å². The fraction of sp³-hybridized carbons (Fsp3) is 0.292. The van der Waals surface area contributed by atoms with Crippen LogP contribution in [0.4, 0.5) is 4.39 Å². The zero-order chi connectivity index (χ0) is 20.1. The lowest BCUT2D eigenvalue weighted by atomic mass is 10.1. The molecule has 1 atom stereocenters. The van der Waals surface area contributed by atoms with Gasteiger partial charge in [-0.2, -0.15) is 0 Å². The molecule has 1 aromatic heterocycles. The van der Waals surface area contributed by atoms with Crippen LogP contribution in [0.2, 0.25) is 0 Å². The summed E-state index contributed by atoms with van der Waals surface area (Å²) in [5.41, 5.74) is 4.35. The van der Waals surface area contributed by atoms with Crippen molar-refractivity contribution in [3.8, 4) is 5.75 Å². The zero-order valence-corrected chi connectivity index (χ0v) is 16.6. The smallest absolute Gasteiger partial charge is 0.123 e. The average Bonchev–Trinajstić information content (AvgIpc) is 2.76. The molecule has 2 heterocycles. The van der Waals surface area contributed by atoms with E-state index in [0.717, 1.165) is 48.6 Å². The van der Waals surface area contributed by atoms with Gasteiger partial charge in [0.1, 0.15) is 17.7 Å². The first kappa shape index (κ1) is 19.6. The Hall–Kier alpha value is -2.76. The van der Waals surface area contributed by atoms with Crippen LogP contribution in [0, 0.1) is 5.82 Å². The summed E-state index contributed by atoms with van der Waals surface area (Å²) in [6.07, 6.45) is 2.60. The number of halogens is 1. The van der Waals surface area contributed by atoms with Crippen LogP contribution in [-0.4, -0.2) is 36.7 Å². The van der Waals surface area contributed by atoms with E-state index in [2.05, 4.69) is 28.1 Å². The molecular formula is C24H25FN2O2. The van der Waals surface area contributed by atoms with Gasteiger partial charge in [-0.25, -0.2) is 4.39 Å². The van der Waals surface area contributed by atoms with Crippen molar-refractivity contribution in [2.75, 3.05) is 26.8 Å². The number of morpholine rings is 1. The Morgan fingerprint density at radius 3 is 2.66 bits per heavy atom. The minimum absolute atomic E-state index is 0.0331. The second kappa shape index (κ2) is 9.16. The summed E-state index contributed by atoms with van der Waals surface area (Å²) in [7, 11) is 1.69. The summed E-state index contributed by atoms with van der Waals surface area (Å²) >= 11 is 0. The molecule has 0 N–H and O–H groups in total. The number of pyridine rings is 1. The average molecular weight is 392 g/mol. The Morgan fingerprint density at radius 1 is 1.07 bits per heavy atom. The molecule has 1 saturated heterocycles. The Kier molecular flexibility index (Phi) is 6.17. The third kappa shape index (κ3) is 5.19. The normalized spacial score (nSPS) is 17.2. The Balaban J connectivity index is 1.38. The van der Waals surface area contributed by atoms with Gasteiger partial charge in [-0.15, -0.1) is 0 Å². The fourth-order valence-corrected chi connectivity index (χ4v) is 3.62. The highest BCUT2D eigenvalue weighted by molar-refractivity contribution is 5.29. The number of benzene rings is 2. The Bertz CT molecular complexity index is 928. The number of ether oxygens (including phenoxy) is 2. The van der Waals surface area contributed by atoms with Crippen molar-refractivity contribution in [1.29, 1.82) is 0 Å². The number of aromatic nitrogens is 1. The van der Waals surface area contributed by atoms with Gasteiger partial charge in [0, 0.05) is 25.8 Å². The van der Waals surface area contributed by atoms with E-state index in [1.165, 1.54) is 17.7 Å². The van der Waals surface area contributed by atoms with Gasteiger partial charge in [0.15, 0.2) is 0 Å². The molecule has 4 rings (SSSR count). The quantitative estimate of drug-likeness (QED) is 0.623. The monoisotopic (exact) mass is 392 g/mol. The maximum absolute atomic E-state index is 13.1. The standard InChI is InChI=1S/C24H25FN2O2/c1-28-22-4-2-3-20(14-22)16-27-11-12-29-24(17-27)23-10-7-19(15-26-23)13-18-5-8-21(25)9-6-18/h2-10,14-15,24H,11-13,16-17H2,1H3/t24-/m0/s1. The van der Waals surface area contributed by atoms with Crippen molar-refractivity contribution < 1.29 is 13.9 Å². The summed E-state index contributed by atoms with van der Waals surface area (Å²) in [5.74, 6) is 0.667. The summed E-state index contributed by atoms with van der Waals surface area (Å²) in [5, 5.41) is 0. The molecule has 29 heavy (non-hydrogen) atoms. The Labute approximate surface area is 170 Å². The van der Waals surface area contributed by atoms with Crippen LogP contribution in [0.1, 0.15) is 28.5 Å². The molecule has 1 aliphatic rings. The molecule has 2 aromatic carbocycles.